The molecule has 0 saturated carbocycles. The van der Waals surface area contributed by atoms with E-state index in [0.29, 0.717) is 18.9 Å². The lowest BCUT2D eigenvalue weighted by atomic mass is 10.2. The molecule has 1 heterocycles. The maximum atomic E-state index is 11.3. The van der Waals surface area contributed by atoms with Crippen LogP contribution in [0.4, 0.5) is 0 Å². The van der Waals surface area contributed by atoms with Gasteiger partial charge in [0.25, 0.3) is 0 Å². The molecule has 0 spiro atoms. The van der Waals surface area contributed by atoms with Gasteiger partial charge in [-0.15, -0.1) is 0 Å². The van der Waals surface area contributed by atoms with Crippen molar-refractivity contribution in [3.63, 3.8) is 0 Å². The molecular formula is C16H24N2O4. The van der Waals surface area contributed by atoms with Gasteiger partial charge in [-0.25, -0.2) is 0 Å². The van der Waals surface area contributed by atoms with Gasteiger partial charge in [-0.3, -0.25) is 9.69 Å². The summed E-state index contributed by atoms with van der Waals surface area (Å²) < 4.78 is 10.9. The van der Waals surface area contributed by atoms with Crippen LogP contribution in [0.15, 0.2) is 24.3 Å². The molecule has 0 unspecified atom stereocenters. The van der Waals surface area contributed by atoms with Gasteiger partial charge >= 0.3 is 0 Å². The smallest absolute Gasteiger partial charge is 0.234 e. The average molecular weight is 308 g/mol. The molecule has 6 nitrogen and oxygen atoms in total. The number of hydrogen-bond donors (Lipinski definition) is 2. The van der Waals surface area contributed by atoms with Crippen molar-refractivity contribution in [3.8, 4) is 11.5 Å². The van der Waals surface area contributed by atoms with E-state index in [2.05, 4.69) is 0 Å². The Morgan fingerprint density at radius 1 is 1.36 bits per heavy atom. The summed E-state index contributed by atoms with van der Waals surface area (Å²) in [7, 11) is 0. The van der Waals surface area contributed by atoms with E-state index >= 15 is 0 Å². The summed E-state index contributed by atoms with van der Waals surface area (Å²) in [6.07, 6.45) is 1.04. The minimum absolute atomic E-state index is 0.177. The number of nitrogens with two attached hydrogens (primary N) is 1. The molecule has 0 aliphatic carbocycles. The van der Waals surface area contributed by atoms with Crippen LogP contribution in [-0.4, -0.2) is 54.4 Å². The Morgan fingerprint density at radius 3 is 2.59 bits per heavy atom. The van der Waals surface area contributed by atoms with Crippen molar-refractivity contribution in [2.24, 2.45) is 5.73 Å². The number of ether oxygens (including phenoxy) is 2. The third-order valence-electron chi connectivity index (χ3n) is 3.71. The van der Waals surface area contributed by atoms with Crippen LogP contribution in [0.5, 0.6) is 11.5 Å². The number of β-amino-alcohol motifs (C(OH)–C–C–N with tert-alkyl or cyclic N) is 1. The summed E-state index contributed by atoms with van der Waals surface area (Å²) in [4.78, 5) is 13.2. The normalized spacial score (nSPS) is 19.8. The summed E-state index contributed by atoms with van der Waals surface area (Å²) >= 11 is 0. The van der Waals surface area contributed by atoms with E-state index in [-0.39, 0.29) is 18.6 Å². The predicted octanol–water partition coefficient (Wildman–Crippen LogP) is 0.775. The number of nitrogens with zero attached hydrogens (tertiary/aromatic N) is 1. The molecule has 6 heteroatoms. The van der Waals surface area contributed by atoms with Crippen molar-refractivity contribution in [3.05, 3.63) is 24.3 Å². The molecule has 1 aliphatic heterocycles. The standard InChI is InChI=1S/C16H24N2O4/c1-2-21-13-5-7-14(8-6-13)22-11-12(19)10-18-9-3-4-15(18)16(17)20/h5-8,12,15,19H,2-4,9-11H2,1H3,(H2,17,20)/t12-,15+/m0/s1. The molecule has 0 radical (unpaired) electrons. The molecule has 1 aliphatic rings. The van der Waals surface area contributed by atoms with Crippen LogP contribution in [0.2, 0.25) is 0 Å². The third-order valence-corrected chi connectivity index (χ3v) is 3.71. The largest absolute Gasteiger partial charge is 0.494 e. The maximum absolute atomic E-state index is 11.3. The molecule has 122 valence electrons. The lowest BCUT2D eigenvalue weighted by molar-refractivity contribution is -0.122. The fraction of sp³-hybridized carbons (Fsp3) is 0.562. The van der Waals surface area contributed by atoms with Crippen LogP contribution in [-0.2, 0) is 4.79 Å². The molecule has 1 aromatic rings. The highest BCUT2D eigenvalue weighted by molar-refractivity contribution is 5.80. The quantitative estimate of drug-likeness (QED) is 0.741. The summed E-state index contributed by atoms with van der Waals surface area (Å²) in [5.74, 6) is 1.14. The average Bonchev–Trinajstić information content (AvgIpc) is 2.95. The van der Waals surface area contributed by atoms with Crippen molar-refractivity contribution >= 4 is 5.91 Å². The third kappa shape index (κ3) is 4.61. The number of carbonyl (C=O) groups excluding carboxylic acids is 1. The van der Waals surface area contributed by atoms with E-state index in [1.165, 1.54) is 0 Å². The molecule has 22 heavy (non-hydrogen) atoms. The number of hydrogen-bond acceptors (Lipinski definition) is 5. The second-order valence-corrected chi connectivity index (χ2v) is 5.42. The first-order valence-corrected chi connectivity index (χ1v) is 7.67. The van der Waals surface area contributed by atoms with Crippen molar-refractivity contribution < 1.29 is 19.4 Å². The zero-order valence-corrected chi connectivity index (χ0v) is 12.9. The van der Waals surface area contributed by atoms with Gasteiger partial charge in [-0.2, -0.15) is 0 Å². The first-order valence-electron chi connectivity index (χ1n) is 7.67. The number of carbonyl (C=O) groups is 1. The monoisotopic (exact) mass is 308 g/mol. The summed E-state index contributed by atoms with van der Waals surface area (Å²) in [5.41, 5.74) is 5.36. The Morgan fingerprint density at radius 2 is 2.00 bits per heavy atom. The Bertz CT molecular complexity index is 478. The van der Waals surface area contributed by atoms with Crippen molar-refractivity contribution in [2.45, 2.75) is 31.9 Å². The van der Waals surface area contributed by atoms with Gasteiger partial charge in [-0.1, -0.05) is 0 Å². The zero-order valence-electron chi connectivity index (χ0n) is 12.9. The van der Waals surface area contributed by atoms with Gasteiger partial charge in [0, 0.05) is 6.54 Å². The molecule has 2 rings (SSSR count). The molecule has 1 saturated heterocycles. The molecular weight excluding hydrogens is 284 g/mol. The van der Waals surface area contributed by atoms with Crippen LogP contribution in [0, 0.1) is 0 Å². The number of aliphatic hydroxyl groups is 1. The van der Waals surface area contributed by atoms with Crippen LogP contribution in [0.3, 0.4) is 0 Å². The van der Waals surface area contributed by atoms with E-state index in [0.717, 1.165) is 25.1 Å². The van der Waals surface area contributed by atoms with Gasteiger partial charge in [0.1, 0.15) is 24.2 Å². The summed E-state index contributed by atoms with van der Waals surface area (Å²) in [6, 6.07) is 7.00. The van der Waals surface area contributed by atoms with E-state index in [1.54, 1.807) is 12.1 Å². The Kier molecular flexibility index (Phi) is 6.03. The molecule has 1 aromatic carbocycles. The number of benzene rings is 1. The van der Waals surface area contributed by atoms with Gasteiger partial charge in [-0.05, 0) is 50.6 Å². The Hall–Kier alpha value is -1.79. The number of primary amides is 1. The molecule has 3 N–H and O–H groups in total. The first kappa shape index (κ1) is 16.6. The summed E-state index contributed by atoms with van der Waals surface area (Å²) in [5, 5.41) is 10.1. The van der Waals surface area contributed by atoms with Crippen LogP contribution >= 0.6 is 0 Å². The van der Waals surface area contributed by atoms with Crippen LogP contribution in [0.1, 0.15) is 19.8 Å². The molecule has 0 aromatic heterocycles. The van der Waals surface area contributed by atoms with E-state index in [1.807, 2.05) is 24.0 Å². The molecule has 1 fully saturated rings. The highest BCUT2D eigenvalue weighted by Crippen LogP contribution is 2.19. The highest BCUT2D eigenvalue weighted by atomic mass is 16.5. The second-order valence-electron chi connectivity index (χ2n) is 5.42. The van der Waals surface area contributed by atoms with Crippen LogP contribution in [0.25, 0.3) is 0 Å². The lowest BCUT2D eigenvalue weighted by Crippen LogP contribution is -2.44. The topological polar surface area (TPSA) is 85.0 Å². The zero-order chi connectivity index (χ0) is 15.9. The molecule has 1 amide bonds. The van der Waals surface area contributed by atoms with Crippen molar-refractivity contribution in [1.82, 2.24) is 4.90 Å². The number of rotatable bonds is 8. The van der Waals surface area contributed by atoms with E-state index in [9.17, 15) is 9.90 Å². The highest BCUT2D eigenvalue weighted by Gasteiger charge is 2.30. The SMILES string of the molecule is CCOc1ccc(OC[C@@H](O)CN2CCC[C@@H]2C(N)=O)cc1. The van der Waals surface area contributed by atoms with Crippen LogP contribution < -0.4 is 15.2 Å². The van der Waals surface area contributed by atoms with Crippen molar-refractivity contribution in [1.29, 1.82) is 0 Å². The van der Waals surface area contributed by atoms with Gasteiger partial charge in [0.15, 0.2) is 0 Å². The second kappa shape index (κ2) is 8.00. The fourth-order valence-corrected chi connectivity index (χ4v) is 2.68. The van der Waals surface area contributed by atoms with Gasteiger partial charge in [0.05, 0.1) is 12.6 Å². The minimum Gasteiger partial charge on any atom is -0.494 e. The predicted molar refractivity (Wildman–Crippen MR) is 82.9 cm³/mol. The van der Waals surface area contributed by atoms with E-state index < -0.39 is 6.10 Å². The first-order chi connectivity index (χ1) is 10.6. The number of aliphatic hydroxyl groups excluding tert-OH is 1. The Balaban J connectivity index is 1.77. The number of amides is 1. The van der Waals surface area contributed by atoms with Gasteiger partial charge in [0.2, 0.25) is 5.91 Å². The van der Waals surface area contributed by atoms with Gasteiger partial charge < -0.3 is 20.3 Å². The maximum Gasteiger partial charge on any atom is 0.234 e. The Labute approximate surface area is 130 Å². The molecule has 0 bridgehead atoms. The number of likely N-dealkylation sites (tertiary alicyclic amines) is 1. The minimum atomic E-state index is -0.661. The summed E-state index contributed by atoms with van der Waals surface area (Å²) in [6.45, 7) is 3.91. The molecule has 2 atom stereocenters. The lowest BCUT2D eigenvalue weighted by Gasteiger charge is -2.24. The van der Waals surface area contributed by atoms with Crippen molar-refractivity contribution in [2.75, 3.05) is 26.3 Å². The van der Waals surface area contributed by atoms with E-state index in [4.69, 9.17) is 15.2 Å². The fourth-order valence-electron chi connectivity index (χ4n) is 2.68.